The number of rotatable bonds is 1. The normalized spacial score (nSPS) is 33.5. The molecule has 0 bridgehead atoms. The van der Waals surface area contributed by atoms with Crippen LogP contribution in [0.2, 0.25) is 0 Å². The van der Waals surface area contributed by atoms with E-state index < -0.39 is 5.60 Å². The summed E-state index contributed by atoms with van der Waals surface area (Å²) in [5.41, 5.74) is 5.34. The molecule has 1 heterocycles. The molecule has 1 amide bonds. The van der Waals surface area contributed by atoms with Crippen molar-refractivity contribution in [3.8, 4) is 0 Å². The molecule has 3 N–H and O–H groups in total. The smallest absolute Gasteiger partial charge is 0.225 e. The minimum atomic E-state index is -0.584. The van der Waals surface area contributed by atoms with Gasteiger partial charge in [0.15, 0.2) is 0 Å². The third-order valence-corrected chi connectivity index (χ3v) is 4.22. The molecule has 2 fully saturated rings. The van der Waals surface area contributed by atoms with Gasteiger partial charge in [0.05, 0.1) is 5.60 Å². The molecule has 0 aromatic heterocycles. The second kappa shape index (κ2) is 4.94. The van der Waals surface area contributed by atoms with Gasteiger partial charge in [-0.05, 0) is 39.0 Å². The van der Waals surface area contributed by atoms with Crippen LogP contribution in [-0.2, 0) is 4.79 Å². The Morgan fingerprint density at radius 1 is 1.35 bits per heavy atom. The highest BCUT2D eigenvalue weighted by atomic mass is 16.3. The molecule has 0 radical (unpaired) electrons. The van der Waals surface area contributed by atoms with Crippen molar-refractivity contribution in [1.29, 1.82) is 0 Å². The summed E-state index contributed by atoms with van der Waals surface area (Å²) in [7, 11) is 0. The van der Waals surface area contributed by atoms with Crippen LogP contribution in [0.4, 0.5) is 0 Å². The fourth-order valence-electron chi connectivity index (χ4n) is 2.92. The highest BCUT2D eigenvalue weighted by Crippen LogP contribution is 2.28. The number of carbonyl (C=O) groups is 1. The van der Waals surface area contributed by atoms with E-state index in [1.807, 2.05) is 11.8 Å². The lowest BCUT2D eigenvalue weighted by Crippen LogP contribution is -2.48. The van der Waals surface area contributed by atoms with Crippen molar-refractivity contribution < 1.29 is 9.90 Å². The summed E-state index contributed by atoms with van der Waals surface area (Å²) >= 11 is 0. The SMILES string of the molecule is CC1(O)CCN(C(=O)C2CCCC(N)C2)CC1. The zero-order chi connectivity index (χ0) is 12.5. The molecule has 0 spiro atoms. The maximum absolute atomic E-state index is 12.3. The Balaban J connectivity index is 1.88. The molecule has 4 nitrogen and oxygen atoms in total. The van der Waals surface area contributed by atoms with Gasteiger partial charge in [0, 0.05) is 25.0 Å². The van der Waals surface area contributed by atoms with Crippen LogP contribution in [0.25, 0.3) is 0 Å². The molecule has 2 unspecified atom stereocenters. The maximum atomic E-state index is 12.3. The van der Waals surface area contributed by atoms with Crippen molar-refractivity contribution in [1.82, 2.24) is 4.90 Å². The second-order valence-corrected chi connectivity index (χ2v) is 5.95. The van der Waals surface area contributed by atoms with Gasteiger partial charge in [-0.15, -0.1) is 0 Å². The van der Waals surface area contributed by atoms with Gasteiger partial charge in [-0.25, -0.2) is 0 Å². The summed E-state index contributed by atoms with van der Waals surface area (Å²) in [4.78, 5) is 14.2. The van der Waals surface area contributed by atoms with Gasteiger partial charge >= 0.3 is 0 Å². The molecule has 2 atom stereocenters. The van der Waals surface area contributed by atoms with E-state index >= 15 is 0 Å². The molecule has 0 aromatic rings. The maximum Gasteiger partial charge on any atom is 0.225 e. The van der Waals surface area contributed by atoms with Gasteiger partial charge in [0.1, 0.15) is 0 Å². The Kier molecular flexibility index (Phi) is 3.73. The molecular weight excluding hydrogens is 216 g/mol. The summed E-state index contributed by atoms with van der Waals surface area (Å²) in [6.45, 7) is 3.24. The Hall–Kier alpha value is -0.610. The van der Waals surface area contributed by atoms with E-state index in [0.29, 0.717) is 25.9 Å². The Morgan fingerprint density at radius 3 is 2.59 bits per heavy atom. The number of hydrogen-bond acceptors (Lipinski definition) is 3. The minimum Gasteiger partial charge on any atom is -0.390 e. The summed E-state index contributed by atoms with van der Waals surface area (Å²) < 4.78 is 0. The fourth-order valence-corrected chi connectivity index (χ4v) is 2.92. The Labute approximate surface area is 103 Å². The van der Waals surface area contributed by atoms with E-state index in [4.69, 9.17) is 5.73 Å². The number of piperidine rings is 1. The van der Waals surface area contributed by atoms with Crippen molar-refractivity contribution >= 4 is 5.91 Å². The molecule has 98 valence electrons. The first-order valence-electron chi connectivity index (χ1n) is 6.75. The summed E-state index contributed by atoms with van der Waals surface area (Å²) in [6.07, 6.45) is 5.34. The number of nitrogens with two attached hydrogens (primary N) is 1. The van der Waals surface area contributed by atoms with Crippen molar-refractivity contribution in [2.24, 2.45) is 11.7 Å². The van der Waals surface area contributed by atoms with Crippen LogP contribution in [0, 0.1) is 5.92 Å². The highest BCUT2D eigenvalue weighted by Gasteiger charge is 2.33. The molecule has 2 rings (SSSR count). The van der Waals surface area contributed by atoms with Crippen molar-refractivity contribution in [2.45, 2.75) is 57.1 Å². The van der Waals surface area contributed by atoms with Crippen LogP contribution in [0.1, 0.15) is 45.4 Å². The summed E-state index contributed by atoms with van der Waals surface area (Å²) in [6, 6.07) is 0.200. The van der Waals surface area contributed by atoms with E-state index in [2.05, 4.69) is 0 Å². The largest absolute Gasteiger partial charge is 0.390 e. The first-order valence-corrected chi connectivity index (χ1v) is 6.75. The molecule has 2 aliphatic rings. The summed E-state index contributed by atoms with van der Waals surface area (Å²) in [5.74, 6) is 0.387. The molecule has 1 aliphatic heterocycles. The van der Waals surface area contributed by atoms with Crippen molar-refractivity contribution in [3.05, 3.63) is 0 Å². The zero-order valence-corrected chi connectivity index (χ0v) is 10.7. The fraction of sp³-hybridized carbons (Fsp3) is 0.923. The first kappa shape index (κ1) is 12.8. The van der Waals surface area contributed by atoms with Crippen LogP contribution < -0.4 is 5.73 Å². The number of carbonyl (C=O) groups excluding carboxylic acids is 1. The van der Waals surface area contributed by atoms with Gasteiger partial charge in [0.25, 0.3) is 0 Å². The summed E-state index contributed by atoms with van der Waals surface area (Å²) in [5, 5.41) is 9.87. The third kappa shape index (κ3) is 3.19. The van der Waals surface area contributed by atoms with Gasteiger partial charge in [-0.2, -0.15) is 0 Å². The molecule has 1 saturated heterocycles. The van der Waals surface area contributed by atoms with E-state index in [9.17, 15) is 9.90 Å². The third-order valence-electron chi connectivity index (χ3n) is 4.22. The molecule has 4 heteroatoms. The predicted molar refractivity (Wildman–Crippen MR) is 66.4 cm³/mol. The monoisotopic (exact) mass is 240 g/mol. The number of aliphatic hydroxyl groups is 1. The number of hydrogen-bond donors (Lipinski definition) is 2. The quantitative estimate of drug-likeness (QED) is 0.715. The van der Waals surface area contributed by atoms with Crippen molar-refractivity contribution in [3.63, 3.8) is 0 Å². The Morgan fingerprint density at radius 2 is 2.00 bits per heavy atom. The standard InChI is InChI=1S/C13H24N2O2/c1-13(17)5-7-15(8-6-13)12(16)10-3-2-4-11(14)9-10/h10-11,17H,2-9,14H2,1H3. The lowest BCUT2D eigenvalue weighted by Gasteiger charge is -2.38. The average Bonchev–Trinajstić information content (AvgIpc) is 2.28. The first-order chi connectivity index (χ1) is 7.98. The van der Waals surface area contributed by atoms with Crippen LogP contribution in [0.3, 0.4) is 0 Å². The number of likely N-dealkylation sites (tertiary alicyclic amines) is 1. The molecule has 1 saturated carbocycles. The molecule has 17 heavy (non-hydrogen) atoms. The molecular formula is C13H24N2O2. The predicted octanol–water partition coefficient (Wildman–Crippen LogP) is 0.877. The minimum absolute atomic E-state index is 0.127. The number of nitrogens with zero attached hydrogens (tertiary/aromatic N) is 1. The van der Waals surface area contributed by atoms with Gasteiger partial charge < -0.3 is 15.7 Å². The van der Waals surface area contributed by atoms with Crippen LogP contribution in [0.5, 0.6) is 0 Å². The molecule has 1 aliphatic carbocycles. The van der Waals surface area contributed by atoms with E-state index in [-0.39, 0.29) is 17.9 Å². The van der Waals surface area contributed by atoms with E-state index in [0.717, 1.165) is 25.7 Å². The highest BCUT2D eigenvalue weighted by molar-refractivity contribution is 5.79. The van der Waals surface area contributed by atoms with Gasteiger partial charge in [-0.3, -0.25) is 4.79 Å². The van der Waals surface area contributed by atoms with Crippen LogP contribution >= 0.6 is 0 Å². The topological polar surface area (TPSA) is 66.6 Å². The van der Waals surface area contributed by atoms with Crippen LogP contribution in [0.15, 0.2) is 0 Å². The van der Waals surface area contributed by atoms with Crippen LogP contribution in [-0.4, -0.2) is 40.6 Å². The number of amides is 1. The lowest BCUT2D eigenvalue weighted by molar-refractivity contribution is -0.140. The Bertz CT molecular complexity index is 281. The van der Waals surface area contributed by atoms with E-state index in [1.54, 1.807) is 0 Å². The van der Waals surface area contributed by atoms with Crippen molar-refractivity contribution in [2.75, 3.05) is 13.1 Å². The van der Waals surface area contributed by atoms with Gasteiger partial charge in [-0.1, -0.05) is 6.42 Å². The van der Waals surface area contributed by atoms with Gasteiger partial charge in [0.2, 0.25) is 5.91 Å². The second-order valence-electron chi connectivity index (χ2n) is 5.95. The average molecular weight is 240 g/mol. The lowest BCUT2D eigenvalue weighted by atomic mass is 9.84. The molecule has 0 aromatic carbocycles. The zero-order valence-electron chi connectivity index (χ0n) is 10.7. The van der Waals surface area contributed by atoms with E-state index in [1.165, 1.54) is 0 Å².